The first-order chi connectivity index (χ1) is 10.2. The molecule has 0 spiro atoms. The normalized spacial score (nSPS) is 16.4. The summed E-state index contributed by atoms with van der Waals surface area (Å²) in [6.45, 7) is 2.45. The molecule has 1 aromatic carbocycles. The minimum Gasteiger partial charge on any atom is -0.383 e. The number of nitrogens with one attached hydrogen (secondary N) is 1. The monoisotopic (exact) mass is 298 g/mol. The molecule has 0 aliphatic heterocycles. The highest BCUT2D eigenvalue weighted by Gasteiger charge is 2.29. The number of halogens is 2. The van der Waals surface area contributed by atoms with E-state index < -0.39 is 11.6 Å². The van der Waals surface area contributed by atoms with E-state index in [2.05, 4.69) is 10.2 Å². The van der Waals surface area contributed by atoms with Crippen LogP contribution in [0, 0.1) is 11.6 Å². The summed E-state index contributed by atoms with van der Waals surface area (Å²) in [6, 6.07) is 4.82. The molecule has 1 atom stereocenters. The average molecular weight is 298 g/mol. The van der Waals surface area contributed by atoms with Crippen LogP contribution in [0.5, 0.6) is 0 Å². The van der Waals surface area contributed by atoms with Gasteiger partial charge in [-0.25, -0.2) is 8.78 Å². The SMILES string of the molecule is CNC(CCN(CCOC)C1CC1)c1cccc(F)c1F. The zero-order chi connectivity index (χ0) is 15.2. The van der Waals surface area contributed by atoms with E-state index in [1.807, 2.05) is 0 Å². The Balaban J connectivity index is 1.96. The molecule has 1 fully saturated rings. The summed E-state index contributed by atoms with van der Waals surface area (Å²) < 4.78 is 32.4. The van der Waals surface area contributed by atoms with Crippen LogP contribution in [0.25, 0.3) is 0 Å². The van der Waals surface area contributed by atoms with Crippen molar-refractivity contribution in [2.24, 2.45) is 0 Å². The second kappa shape index (κ2) is 7.82. The summed E-state index contributed by atoms with van der Waals surface area (Å²) in [5.41, 5.74) is 0.403. The van der Waals surface area contributed by atoms with E-state index >= 15 is 0 Å². The van der Waals surface area contributed by atoms with Gasteiger partial charge in [-0.15, -0.1) is 0 Å². The maximum absolute atomic E-state index is 13.9. The van der Waals surface area contributed by atoms with E-state index in [4.69, 9.17) is 4.74 Å². The van der Waals surface area contributed by atoms with Crippen LogP contribution in [0.15, 0.2) is 18.2 Å². The topological polar surface area (TPSA) is 24.5 Å². The molecule has 1 saturated carbocycles. The number of methoxy groups -OCH3 is 1. The van der Waals surface area contributed by atoms with Crippen molar-refractivity contribution in [3.63, 3.8) is 0 Å². The fourth-order valence-electron chi connectivity index (χ4n) is 2.67. The van der Waals surface area contributed by atoms with E-state index in [1.54, 1.807) is 26.3 Å². The molecule has 1 aromatic rings. The minimum absolute atomic E-state index is 0.176. The molecule has 2 rings (SSSR count). The van der Waals surface area contributed by atoms with Crippen LogP contribution in [0.4, 0.5) is 8.78 Å². The molecule has 1 unspecified atom stereocenters. The van der Waals surface area contributed by atoms with Gasteiger partial charge in [0.25, 0.3) is 0 Å². The van der Waals surface area contributed by atoms with Gasteiger partial charge < -0.3 is 10.1 Å². The highest BCUT2D eigenvalue weighted by molar-refractivity contribution is 5.22. The Kier molecular flexibility index (Phi) is 6.08. The third kappa shape index (κ3) is 4.46. The van der Waals surface area contributed by atoms with E-state index in [-0.39, 0.29) is 6.04 Å². The number of hydrogen-bond donors (Lipinski definition) is 1. The summed E-state index contributed by atoms with van der Waals surface area (Å²) in [4.78, 5) is 2.38. The maximum Gasteiger partial charge on any atom is 0.163 e. The molecule has 0 bridgehead atoms. The standard InChI is InChI=1S/C16H24F2N2O/c1-19-15(13-4-3-5-14(17)16(13)18)8-9-20(10-11-21-2)12-6-7-12/h3-5,12,15,19H,6-11H2,1-2H3. The lowest BCUT2D eigenvalue weighted by Crippen LogP contribution is -2.33. The summed E-state index contributed by atoms with van der Waals surface area (Å²) in [5, 5.41) is 3.09. The van der Waals surface area contributed by atoms with Gasteiger partial charge in [0.15, 0.2) is 11.6 Å². The highest BCUT2D eigenvalue weighted by atomic mass is 19.2. The van der Waals surface area contributed by atoms with E-state index in [9.17, 15) is 8.78 Å². The Labute approximate surface area is 125 Å². The van der Waals surface area contributed by atoms with Gasteiger partial charge in [0.2, 0.25) is 0 Å². The lowest BCUT2D eigenvalue weighted by Gasteiger charge is -2.25. The summed E-state index contributed by atoms with van der Waals surface area (Å²) in [5.74, 6) is -1.53. The highest BCUT2D eigenvalue weighted by Crippen LogP contribution is 2.28. The second-order valence-corrected chi connectivity index (χ2v) is 5.53. The molecule has 1 aliphatic rings. The van der Waals surface area contributed by atoms with Crippen molar-refractivity contribution in [1.82, 2.24) is 10.2 Å². The minimum atomic E-state index is -0.786. The Hall–Kier alpha value is -1.04. The van der Waals surface area contributed by atoms with Gasteiger partial charge in [-0.1, -0.05) is 12.1 Å². The summed E-state index contributed by atoms with van der Waals surface area (Å²) in [7, 11) is 3.48. The van der Waals surface area contributed by atoms with Crippen LogP contribution >= 0.6 is 0 Å². The van der Waals surface area contributed by atoms with E-state index in [0.717, 1.165) is 25.6 Å². The van der Waals surface area contributed by atoms with Gasteiger partial charge in [0.05, 0.1) is 6.61 Å². The van der Waals surface area contributed by atoms with Crippen LogP contribution in [-0.2, 0) is 4.74 Å². The fraction of sp³-hybridized carbons (Fsp3) is 0.625. The summed E-state index contributed by atoms with van der Waals surface area (Å²) in [6.07, 6.45) is 3.20. The predicted molar refractivity (Wildman–Crippen MR) is 79.2 cm³/mol. The average Bonchev–Trinajstić information content (AvgIpc) is 3.31. The lowest BCUT2D eigenvalue weighted by atomic mass is 10.0. The predicted octanol–water partition coefficient (Wildman–Crippen LogP) is 2.73. The molecule has 0 radical (unpaired) electrons. The molecule has 1 N–H and O–H groups in total. The number of ether oxygens (including phenoxy) is 1. The molecule has 118 valence electrons. The number of rotatable bonds is 9. The van der Waals surface area contributed by atoms with Crippen LogP contribution in [0.1, 0.15) is 30.9 Å². The largest absolute Gasteiger partial charge is 0.383 e. The van der Waals surface area contributed by atoms with Crippen LogP contribution in [0.3, 0.4) is 0 Å². The van der Waals surface area contributed by atoms with Crippen molar-refractivity contribution in [1.29, 1.82) is 0 Å². The van der Waals surface area contributed by atoms with Crippen molar-refractivity contribution in [2.75, 3.05) is 33.9 Å². The Morgan fingerprint density at radius 3 is 2.71 bits per heavy atom. The van der Waals surface area contributed by atoms with Gasteiger partial charge >= 0.3 is 0 Å². The van der Waals surface area contributed by atoms with Gasteiger partial charge in [-0.2, -0.15) is 0 Å². The Morgan fingerprint density at radius 2 is 2.10 bits per heavy atom. The van der Waals surface area contributed by atoms with Crippen molar-refractivity contribution in [3.8, 4) is 0 Å². The molecule has 0 aromatic heterocycles. The molecule has 21 heavy (non-hydrogen) atoms. The van der Waals surface area contributed by atoms with Gasteiger partial charge in [0.1, 0.15) is 0 Å². The molecule has 0 saturated heterocycles. The molecule has 0 amide bonds. The molecular formula is C16H24F2N2O. The Morgan fingerprint density at radius 1 is 1.33 bits per heavy atom. The maximum atomic E-state index is 13.9. The van der Waals surface area contributed by atoms with E-state index in [0.29, 0.717) is 18.2 Å². The lowest BCUT2D eigenvalue weighted by molar-refractivity contribution is 0.140. The third-order valence-electron chi connectivity index (χ3n) is 4.06. The van der Waals surface area contributed by atoms with Crippen molar-refractivity contribution in [3.05, 3.63) is 35.4 Å². The summed E-state index contributed by atoms with van der Waals surface area (Å²) >= 11 is 0. The molecule has 1 aliphatic carbocycles. The van der Waals surface area contributed by atoms with Gasteiger partial charge in [0, 0.05) is 37.8 Å². The first kappa shape index (κ1) is 16.3. The quantitative estimate of drug-likeness (QED) is 0.758. The second-order valence-electron chi connectivity index (χ2n) is 5.53. The van der Waals surface area contributed by atoms with Gasteiger partial charge in [-0.05, 0) is 32.4 Å². The first-order valence-electron chi connectivity index (χ1n) is 7.51. The van der Waals surface area contributed by atoms with Crippen molar-refractivity contribution in [2.45, 2.75) is 31.3 Å². The number of benzene rings is 1. The van der Waals surface area contributed by atoms with E-state index in [1.165, 1.54) is 12.8 Å². The molecule has 0 heterocycles. The Bertz CT molecular complexity index is 452. The smallest absolute Gasteiger partial charge is 0.163 e. The van der Waals surface area contributed by atoms with Gasteiger partial charge in [-0.3, -0.25) is 4.90 Å². The van der Waals surface area contributed by atoms with Crippen molar-refractivity contribution < 1.29 is 13.5 Å². The molecular weight excluding hydrogens is 274 g/mol. The van der Waals surface area contributed by atoms with Crippen LogP contribution in [-0.4, -0.2) is 44.8 Å². The van der Waals surface area contributed by atoms with Crippen LogP contribution < -0.4 is 5.32 Å². The van der Waals surface area contributed by atoms with Crippen LogP contribution in [0.2, 0.25) is 0 Å². The number of hydrogen-bond acceptors (Lipinski definition) is 3. The third-order valence-corrected chi connectivity index (χ3v) is 4.06. The zero-order valence-electron chi connectivity index (χ0n) is 12.7. The molecule has 3 nitrogen and oxygen atoms in total. The van der Waals surface area contributed by atoms with Crippen molar-refractivity contribution >= 4 is 0 Å². The first-order valence-corrected chi connectivity index (χ1v) is 7.51. The fourth-order valence-corrected chi connectivity index (χ4v) is 2.67. The zero-order valence-corrected chi connectivity index (χ0v) is 12.7. The number of nitrogens with zero attached hydrogens (tertiary/aromatic N) is 1. The molecule has 5 heteroatoms.